The van der Waals surface area contributed by atoms with E-state index in [1.54, 1.807) is 0 Å². The van der Waals surface area contributed by atoms with Gasteiger partial charge in [-0.05, 0) is 0 Å². The molecule has 0 saturated carbocycles. The molecule has 0 aromatic heterocycles. The minimum absolute atomic E-state index is 0.0216. The van der Waals surface area contributed by atoms with Crippen molar-refractivity contribution in [3.05, 3.63) is 0 Å². The first-order chi connectivity index (χ1) is 6.96. The van der Waals surface area contributed by atoms with Crippen LogP contribution in [0.15, 0.2) is 5.16 Å². The first kappa shape index (κ1) is 12.4. The molecule has 1 heterocycles. The van der Waals surface area contributed by atoms with E-state index in [0.29, 0.717) is 25.3 Å². The van der Waals surface area contributed by atoms with E-state index in [1.807, 2.05) is 0 Å². The van der Waals surface area contributed by atoms with Gasteiger partial charge in [-0.3, -0.25) is 0 Å². The predicted molar refractivity (Wildman–Crippen MR) is 54.5 cm³/mol. The summed E-state index contributed by atoms with van der Waals surface area (Å²) < 4.78 is 26.5. The molecule has 0 bridgehead atoms. The molecule has 0 amide bonds. The minimum atomic E-state index is -3.49. The second kappa shape index (κ2) is 4.88. The average molecular weight is 237 g/mol. The zero-order valence-electron chi connectivity index (χ0n) is 8.71. The third kappa shape index (κ3) is 3.74. The van der Waals surface area contributed by atoms with Crippen molar-refractivity contribution in [1.82, 2.24) is 5.06 Å². The maximum absolute atomic E-state index is 10.9. The minimum Gasteiger partial charge on any atom is -0.399 e. The third-order valence-electron chi connectivity index (χ3n) is 1.97. The van der Waals surface area contributed by atoms with Crippen LogP contribution < -0.4 is 5.73 Å². The Balaban J connectivity index is 2.65. The molecule has 0 aliphatic carbocycles. The SMILES string of the molecule is CO/N=C1/CN(OS(C)(=O)=O)CC1CN. The van der Waals surface area contributed by atoms with Crippen LogP contribution in [0.5, 0.6) is 0 Å². The number of oxime groups is 1. The first-order valence-electron chi connectivity index (χ1n) is 4.40. The van der Waals surface area contributed by atoms with Gasteiger partial charge in [-0.15, -0.1) is 0 Å². The van der Waals surface area contributed by atoms with E-state index in [9.17, 15) is 8.42 Å². The van der Waals surface area contributed by atoms with Gasteiger partial charge >= 0.3 is 0 Å². The van der Waals surface area contributed by atoms with Crippen LogP contribution in [-0.2, 0) is 19.2 Å². The quantitative estimate of drug-likeness (QED) is 0.615. The molecule has 0 spiro atoms. The molecule has 1 saturated heterocycles. The van der Waals surface area contributed by atoms with Gasteiger partial charge in [0.2, 0.25) is 0 Å². The fourth-order valence-electron chi connectivity index (χ4n) is 1.41. The lowest BCUT2D eigenvalue weighted by atomic mass is 10.1. The van der Waals surface area contributed by atoms with Gasteiger partial charge in [-0.2, -0.15) is 17.8 Å². The van der Waals surface area contributed by atoms with Crippen LogP contribution in [0.1, 0.15) is 0 Å². The molecular weight excluding hydrogens is 222 g/mol. The molecule has 2 N–H and O–H groups in total. The lowest BCUT2D eigenvalue weighted by molar-refractivity contribution is -0.0264. The second-order valence-electron chi connectivity index (χ2n) is 3.30. The fourth-order valence-corrected chi connectivity index (χ4v) is 1.90. The molecule has 1 aliphatic heterocycles. The van der Waals surface area contributed by atoms with Gasteiger partial charge in [-0.1, -0.05) is 5.16 Å². The molecule has 1 rings (SSSR count). The molecule has 7 nitrogen and oxygen atoms in total. The van der Waals surface area contributed by atoms with E-state index in [4.69, 9.17) is 10.0 Å². The maximum Gasteiger partial charge on any atom is 0.280 e. The zero-order valence-corrected chi connectivity index (χ0v) is 9.53. The highest BCUT2D eigenvalue weighted by atomic mass is 32.2. The Bertz CT molecular complexity index is 340. The topological polar surface area (TPSA) is 94.2 Å². The molecule has 1 atom stereocenters. The molecule has 8 heteroatoms. The largest absolute Gasteiger partial charge is 0.399 e. The summed E-state index contributed by atoms with van der Waals surface area (Å²) in [7, 11) is -2.06. The van der Waals surface area contributed by atoms with Crippen LogP contribution in [0.3, 0.4) is 0 Å². The average Bonchev–Trinajstić information content (AvgIpc) is 2.45. The number of hydrogen-bond donors (Lipinski definition) is 1. The van der Waals surface area contributed by atoms with Gasteiger partial charge in [0, 0.05) is 19.0 Å². The van der Waals surface area contributed by atoms with E-state index < -0.39 is 10.1 Å². The molecule has 15 heavy (non-hydrogen) atoms. The van der Waals surface area contributed by atoms with Crippen molar-refractivity contribution in [1.29, 1.82) is 0 Å². The Morgan fingerprint density at radius 2 is 2.33 bits per heavy atom. The number of hydroxylamine groups is 2. The van der Waals surface area contributed by atoms with Crippen molar-refractivity contribution in [3.63, 3.8) is 0 Å². The van der Waals surface area contributed by atoms with Crippen molar-refractivity contribution in [3.8, 4) is 0 Å². The van der Waals surface area contributed by atoms with Gasteiger partial charge in [0.05, 0.1) is 18.5 Å². The van der Waals surface area contributed by atoms with Crippen molar-refractivity contribution < 1.29 is 17.5 Å². The molecule has 1 aliphatic rings. The summed E-state index contributed by atoms with van der Waals surface area (Å²) in [6, 6.07) is 0. The Kier molecular flexibility index (Phi) is 4.03. The van der Waals surface area contributed by atoms with Gasteiger partial charge in [0.25, 0.3) is 10.1 Å². The zero-order chi connectivity index (χ0) is 11.5. The highest BCUT2D eigenvalue weighted by Gasteiger charge is 2.31. The van der Waals surface area contributed by atoms with Gasteiger partial charge in [0.15, 0.2) is 0 Å². The molecule has 1 unspecified atom stereocenters. The van der Waals surface area contributed by atoms with Crippen LogP contribution >= 0.6 is 0 Å². The smallest absolute Gasteiger partial charge is 0.280 e. The molecule has 0 aromatic rings. The number of hydrogen-bond acceptors (Lipinski definition) is 7. The van der Waals surface area contributed by atoms with Crippen LogP contribution in [0.2, 0.25) is 0 Å². The summed E-state index contributed by atoms with van der Waals surface area (Å²) in [6.45, 7) is 1.08. The lowest BCUT2D eigenvalue weighted by Gasteiger charge is -2.11. The maximum atomic E-state index is 10.9. The van der Waals surface area contributed by atoms with E-state index in [-0.39, 0.29) is 5.92 Å². The Hall–Kier alpha value is -0.700. The number of nitrogens with two attached hydrogens (primary N) is 1. The summed E-state index contributed by atoms with van der Waals surface area (Å²) in [6.07, 6.45) is 0.996. The van der Waals surface area contributed by atoms with Crippen LogP contribution in [-0.4, -0.2) is 52.2 Å². The van der Waals surface area contributed by atoms with Gasteiger partial charge < -0.3 is 10.6 Å². The Morgan fingerprint density at radius 1 is 1.67 bits per heavy atom. The Morgan fingerprint density at radius 3 is 2.80 bits per heavy atom. The van der Waals surface area contributed by atoms with Crippen LogP contribution in [0.4, 0.5) is 0 Å². The summed E-state index contributed by atoms with van der Waals surface area (Å²) in [5, 5.41) is 5.09. The fraction of sp³-hybridized carbons (Fsp3) is 0.857. The molecule has 0 aromatic carbocycles. The standard InChI is InChI=1S/C7H15N3O4S/c1-13-9-7-5-10(4-6(7)3-8)14-15(2,11)12/h6H,3-5,8H2,1-2H3/b9-7-. The number of rotatable bonds is 4. The molecule has 88 valence electrons. The monoisotopic (exact) mass is 237 g/mol. The molecule has 1 fully saturated rings. The van der Waals surface area contributed by atoms with Gasteiger partial charge in [-0.25, -0.2) is 0 Å². The van der Waals surface area contributed by atoms with Crippen LogP contribution in [0.25, 0.3) is 0 Å². The van der Waals surface area contributed by atoms with Crippen molar-refractivity contribution in [2.45, 2.75) is 0 Å². The lowest BCUT2D eigenvalue weighted by Crippen LogP contribution is -2.26. The van der Waals surface area contributed by atoms with Crippen molar-refractivity contribution >= 4 is 15.8 Å². The summed E-state index contributed by atoms with van der Waals surface area (Å²) in [4.78, 5) is 4.64. The third-order valence-corrected chi connectivity index (χ3v) is 2.45. The van der Waals surface area contributed by atoms with E-state index in [2.05, 4.69) is 9.99 Å². The normalized spacial score (nSPS) is 26.1. The summed E-state index contributed by atoms with van der Waals surface area (Å²) in [5.74, 6) is -0.0216. The predicted octanol–water partition coefficient (Wildman–Crippen LogP) is -1.23. The molecular formula is C7H15N3O4S. The highest BCUT2D eigenvalue weighted by Crippen LogP contribution is 2.14. The van der Waals surface area contributed by atoms with Crippen LogP contribution in [0, 0.1) is 5.92 Å². The number of nitrogens with zero attached hydrogens (tertiary/aromatic N) is 2. The van der Waals surface area contributed by atoms with E-state index >= 15 is 0 Å². The van der Waals surface area contributed by atoms with E-state index in [0.717, 1.165) is 6.26 Å². The van der Waals surface area contributed by atoms with Crippen molar-refractivity contribution in [2.24, 2.45) is 16.8 Å². The second-order valence-corrected chi connectivity index (χ2v) is 4.86. The molecule has 0 radical (unpaired) electrons. The summed E-state index contributed by atoms with van der Waals surface area (Å²) >= 11 is 0. The summed E-state index contributed by atoms with van der Waals surface area (Å²) in [5.41, 5.74) is 6.21. The van der Waals surface area contributed by atoms with Crippen molar-refractivity contribution in [2.75, 3.05) is 33.0 Å². The van der Waals surface area contributed by atoms with Gasteiger partial charge in [0.1, 0.15) is 7.11 Å². The highest BCUT2D eigenvalue weighted by molar-refractivity contribution is 7.85. The first-order valence-corrected chi connectivity index (χ1v) is 6.22. The van der Waals surface area contributed by atoms with E-state index in [1.165, 1.54) is 12.2 Å². The Labute approximate surface area is 88.9 Å².